The molecule has 2 unspecified atom stereocenters. The summed E-state index contributed by atoms with van der Waals surface area (Å²) < 4.78 is 0. The van der Waals surface area contributed by atoms with Gasteiger partial charge in [0.05, 0.1) is 0 Å². The molecule has 0 N–H and O–H groups in total. The van der Waals surface area contributed by atoms with Crippen LogP contribution in [0.15, 0.2) is 0 Å². The monoisotopic (exact) mass is 152 g/mol. The molecule has 0 aromatic rings. The van der Waals surface area contributed by atoms with E-state index in [1.54, 1.807) is 19.3 Å². The maximum atomic E-state index is 2.39. The Kier molecular flexibility index (Phi) is 1.74. The third-order valence-corrected chi connectivity index (χ3v) is 3.99. The lowest BCUT2D eigenvalue weighted by atomic mass is 9.77. The molecule has 0 radical (unpaired) electrons. The van der Waals surface area contributed by atoms with Gasteiger partial charge in [0.1, 0.15) is 0 Å². The Hall–Kier alpha value is 0. The van der Waals surface area contributed by atoms with E-state index in [-0.39, 0.29) is 0 Å². The van der Waals surface area contributed by atoms with Crippen LogP contribution in [0.5, 0.6) is 0 Å². The van der Waals surface area contributed by atoms with Crippen molar-refractivity contribution in [2.24, 2.45) is 17.3 Å². The first kappa shape index (κ1) is 7.64. The normalized spacial score (nSPS) is 47.5. The van der Waals surface area contributed by atoms with Crippen molar-refractivity contribution in [2.45, 2.75) is 52.4 Å². The van der Waals surface area contributed by atoms with Gasteiger partial charge in [0, 0.05) is 0 Å². The van der Waals surface area contributed by atoms with Crippen LogP contribution in [0, 0.1) is 17.3 Å². The Bertz CT molecular complexity index is 138. The maximum Gasteiger partial charge on any atom is -0.0295 e. The highest BCUT2D eigenvalue weighted by molar-refractivity contribution is 5.02. The van der Waals surface area contributed by atoms with Crippen LogP contribution in [0.3, 0.4) is 0 Å². The fraction of sp³-hybridized carbons (Fsp3) is 1.00. The summed E-state index contributed by atoms with van der Waals surface area (Å²) in [6, 6.07) is 0. The Morgan fingerprint density at radius 2 is 1.82 bits per heavy atom. The second-order valence-corrected chi connectivity index (χ2v) is 4.77. The molecule has 0 saturated heterocycles. The zero-order valence-electron chi connectivity index (χ0n) is 7.90. The SMILES string of the molecule is CCCC1(CC)CC2CC2C1. The van der Waals surface area contributed by atoms with Crippen LogP contribution >= 0.6 is 0 Å². The van der Waals surface area contributed by atoms with E-state index in [0.29, 0.717) is 0 Å². The number of hydrogen-bond acceptors (Lipinski definition) is 0. The molecule has 2 atom stereocenters. The minimum Gasteiger partial charge on any atom is -0.0654 e. The van der Waals surface area contributed by atoms with E-state index >= 15 is 0 Å². The topological polar surface area (TPSA) is 0 Å². The van der Waals surface area contributed by atoms with Gasteiger partial charge in [0.2, 0.25) is 0 Å². The van der Waals surface area contributed by atoms with Crippen LogP contribution < -0.4 is 0 Å². The molecule has 2 fully saturated rings. The molecule has 0 amide bonds. The van der Waals surface area contributed by atoms with Crippen LogP contribution in [0.2, 0.25) is 0 Å². The van der Waals surface area contributed by atoms with Crippen molar-refractivity contribution < 1.29 is 0 Å². The van der Waals surface area contributed by atoms with E-state index in [1.807, 2.05) is 0 Å². The molecule has 0 bridgehead atoms. The summed E-state index contributed by atoms with van der Waals surface area (Å²) >= 11 is 0. The van der Waals surface area contributed by atoms with E-state index in [9.17, 15) is 0 Å². The summed E-state index contributed by atoms with van der Waals surface area (Å²) in [5.41, 5.74) is 0.808. The fourth-order valence-corrected chi connectivity index (χ4v) is 3.21. The lowest BCUT2D eigenvalue weighted by molar-refractivity contribution is 0.229. The quantitative estimate of drug-likeness (QED) is 0.579. The summed E-state index contributed by atoms with van der Waals surface area (Å²) in [5.74, 6) is 2.34. The number of fused-ring (bicyclic) bond motifs is 1. The van der Waals surface area contributed by atoms with E-state index in [0.717, 1.165) is 5.41 Å². The van der Waals surface area contributed by atoms with E-state index in [1.165, 1.54) is 31.1 Å². The van der Waals surface area contributed by atoms with Crippen LogP contribution in [0.4, 0.5) is 0 Å². The first-order chi connectivity index (χ1) is 5.29. The molecule has 0 heteroatoms. The Morgan fingerprint density at radius 3 is 2.27 bits per heavy atom. The lowest BCUT2D eigenvalue weighted by Gasteiger charge is -2.28. The van der Waals surface area contributed by atoms with E-state index in [2.05, 4.69) is 13.8 Å². The smallest absolute Gasteiger partial charge is 0.0295 e. The van der Waals surface area contributed by atoms with Gasteiger partial charge in [-0.15, -0.1) is 0 Å². The first-order valence-corrected chi connectivity index (χ1v) is 5.29. The summed E-state index contributed by atoms with van der Waals surface area (Å²) in [5, 5.41) is 0. The van der Waals surface area contributed by atoms with Crippen molar-refractivity contribution in [1.82, 2.24) is 0 Å². The zero-order valence-corrected chi connectivity index (χ0v) is 7.90. The van der Waals surface area contributed by atoms with Crippen LogP contribution in [0.1, 0.15) is 52.4 Å². The average Bonchev–Trinajstić information content (AvgIpc) is 2.61. The molecule has 0 aromatic carbocycles. The standard InChI is InChI=1S/C11H20/c1-3-5-11(4-2)7-9-6-10(9)8-11/h9-10H,3-8H2,1-2H3. The fourth-order valence-electron chi connectivity index (χ4n) is 3.21. The van der Waals surface area contributed by atoms with Gasteiger partial charge in [0.25, 0.3) is 0 Å². The number of rotatable bonds is 3. The van der Waals surface area contributed by atoms with Gasteiger partial charge in [-0.1, -0.05) is 26.7 Å². The predicted octanol–water partition coefficient (Wildman–Crippen LogP) is 3.61. The largest absolute Gasteiger partial charge is 0.0654 e. The van der Waals surface area contributed by atoms with Crippen molar-refractivity contribution in [3.8, 4) is 0 Å². The summed E-state index contributed by atoms with van der Waals surface area (Å²) in [7, 11) is 0. The van der Waals surface area contributed by atoms with Crippen molar-refractivity contribution >= 4 is 0 Å². The zero-order chi connectivity index (χ0) is 7.90. The molecule has 0 heterocycles. The van der Waals surface area contributed by atoms with Gasteiger partial charge in [0.15, 0.2) is 0 Å². The van der Waals surface area contributed by atoms with Gasteiger partial charge < -0.3 is 0 Å². The van der Waals surface area contributed by atoms with E-state index < -0.39 is 0 Å². The Morgan fingerprint density at radius 1 is 1.18 bits per heavy atom. The Labute approximate surface area is 70.4 Å². The van der Waals surface area contributed by atoms with Crippen LogP contribution in [-0.2, 0) is 0 Å². The highest BCUT2D eigenvalue weighted by Gasteiger charge is 2.51. The van der Waals surface area contributed by atoms with Gasteiger partial charge in [-0.2, -0.15) is 0 Å². The van der Waals surface area contributed by atoms with Gasteiger partial charge in [-0.25, -0.2) is 0 Å². The first-order valence-electron chi connectivity index (χ1n) is 5.29. The highest BCUT2D eigenvalue weighted by atomic mass is 14.6. The molecule has 0 spiro atoms. The molecule has 0 aliphatic heterocycles. The summed E-state index contributed by atoms with van der Waals surface area (Å²) in [6.45, 7) is 4.72. The average molecular weight is 152 g/mol. The molecule has 64 valence electrons. The molecule has 0 nitrogen and oxygen atoms in total. The van der Waals surface area contributed by atoms with Gasteiger partial charge in [-0.05, 0) is 42.9 Å². The predicted molar refractivity (Wildman–Crippen MR) is 48.5 cm³/mol. The molecular formula is C11H20. The van der Waals surface area contributed by atoms with Crippen LogP contribution in [-0.4, -0.2) is 0 Å². The molecule has 2 saturated carbocycles. The third-order valence-electron chi connectivity index (χ3n) is 3.99. The second kappa shape index (κ2) is 2.50. The minimum absolute atomic E-state index is 0.808. The molecule has 0 aromatic heterocycles. The van der Waals surface area contributed by atoms with Gasteiger partial charge >= 0.3 is 0 Å². The van der Waals surface area contributed by atoms with Crippen molar-refractivity contribution in [3.63, 3.8) is 0 Å². The lowest BCUT2D eigenvalue weighted by Crippen LogP contribution is -2.16. The molecule has 11 heavy (non-hydrogen) atoms. The summed E-state index contributed by atoms with van der Waals surface area (Å²) in [4.78, 5) is 0. The van der Waals surface area contributed by atoms with E-state index in [4.69, 9.17) is 0 Å². The molecule has 2 aliphatic carbocycles. The summed E-state index contributed by atoms with van der Waals surface area (Å²) in [6.07, 6.45) is 9.05. The van der Waals surface area contributed by atoms with Crippen molar-refractivity contribution in [2.75, 3.05) is 0 Å². The maximum absolute atomic E-state index is 2.39. The Balaban J connectivity index is 1.96. The van der Waals surface area contributed by atoms with Crippen LogP contribution in [0.25, 0.3) is 0 Å². The molecule has 2 rings (SSSR count). The third kappa shape index (κ3) is 1.21. The van der Waals surface area contributed by atoms with Crippen molar-refractivity contribution in [3.05, 3.63) is 0 Å². The second-order valence-electron chi connectivity index (χ2n) is 4.77. The van der Waals surface area contributed by atoms with Crippen molar-refractivity contribution in [1.29, 1.82) is 0 Å². The molecular weight excluding hydrogens is 132 g/mol. The van der Waals surface area contributed by atoms with Gasteiger partial charge in [-0.3, -0.25) is 0 Å². The molecule has 2 aliphatic rings. The minimum atomic E-state index is 0.808. The number of hydrogen-bond donors (Lipinski definition) is 0. The highest BCUT2D eigenvalue weighted by Crippen LogP contribution is 2.62.